The van der Waals surface area contributed by atoms with Gasteiger partial charge in [0.15, 0.2) is 28.2 Å². The van der Waals surface area contributed by atoms with Gasteiger partial charge in [-0.15, -0.1) is 9.35 Å². The van der Waals surface area contributed by atoms with E-state index in [4.69, 9.17) is 0 Å². The summed E-state index contributed by atoms with van der Waals surface area (Å²) in [6.45, 7) is 0.698. The van der Waals surface area contributed by atoms with Crippen molar-refractivity contribution in [2.75, 3.05) is 0 Å². The fraction of sp³-hybridized carbons (Fsp3) is 0.0526. The lowest BCUT2D eigenvalue weighted by atomic mass is 9.95. The topological polar surface area (TPSA) is 80.8 Å². The van der Waals surface area contributed by atoms with E-state index < -0.39 is 55.7 Å². The molecule has 1 aliphatic rings. The molecule has 6 nitrogen and oxygen atoms in total. The zero-order valence-corrected chi connectivity index (χ0v) is 15.7. The van der Waals surface area contributed by atoms with E-state index in [0.717, 1.165) is 0 Å². The number of amides is 2. The molecule has 11 heteroatoms. The summed E-state index contributed by atoms with van der Waals surface area (Å²) in [5.74, 6) is -10.9. The van der Waals surface area contributed by atoms with Gasteiger partial charge in [0.05, 0.1) is 11.1 Å². The maximum Gasteiger partial charge on any atom is 0.324 e. The number of halogens is 4. The highest BCUT2D eigenvalue weighted by Gasteiger charge is 2.41. The lowest BCUT2D eigenvalue weighted by Gasteiger charge is -2.25. The van der Waals surface area contributed by atoms with Gasteiger partial charge in [0.25, 0.3) is 11.8 Å². The molecule has 4 rings (SSSR count). The molecule has 0 aromatic heterocycles. The number of imide groups is 1. The van der Waals surface area contributed by atoms with Crippen LogP contribution in [-0.4, -0.2) is 25.3 Å². The molecule has 1 heterocycles. The van der Waals surface area contributed by atoms with Crippen molar-refractivity contribution < 1.29 is 39.9 Å². The summed E-state index contributed by atoms with van der Waals surface area (Å²) in [6.07, 6.45) is 0. The second kappa shape index (κ2) is 6.61. The summed E-state index contributed by atoms with van der Waals surface area (Å²) in [5.41, 5.74) is -1.31. The van der Waals surface area contributed by atoms with Gasteiger partial charge in [-0.2, -0.15) is 8.42 Å². The van der Waals surface area contributed by atoms with Crippen LogP contribution in [0.15, 0.2) is 41.3 Å². The smallest absolute Gasteiger partial charge is 0.266 e. The van der Waals surface area contributed by atoms with Crippen LogP contribution in [0.25, 0.3) is 10.8 Å². The number of carbonyl (C=O) groups is 2. The van der Waals surface area contributed by atoms with Crippen LogP contribution in [0, 0.1) is 30.2 Å². The normalized spacial score (nSPS) is 14.0. The van der Waals surface area contributed by atoms with Gasteiger partial charge in [-0.25, -0.2) is 17.6 Å². The molecule has 3 aromatic carbocycles. The summed E-state index contributed by atoms with van der Waals surface area (Å²) in [5, 5.41) is 0.520. The van der Waals surface area contributed by atoms with Crippen LogP contribution in [0.1, 0.15) is 26.3 Å². The Bertz CT molecular complexity index is 1310. The van der Waals surface area contributed by atoms with E-state index in [-0.39, 0.29) is 21.6 Å². The molecule has 2 amide bonds. The van der Waals surface area contributed by atoms with Crippen LogP contribution < -0.4 is 0 Å². The Kier molecular flexibility index (Phi) is 4.40. The standard InChI is InChI=1S/C19H9F4NO5S/c1-8-13(20)15(22)17(16(23)14(8)21)30(27,28)29-24-18(25)10-6-2-4-9-5-3-7-11(12(9)10)19(24)26/h2-7H,1H3. The van der Waals surface area contributed by atoms with E-state index in [0.29, 0.717) is 12.3 Å². The predicted octanol–water partition coefficient (Wildman–Crippen LogP) is 3.62. The van der Waals surface area contributed by atoms with Gasteiger partial charge < -0.3 is 0 Å². The molecule has 0 bridgehead atoms. The third kappa shape index (κ3) is 2.70. The molecule has 0 spiro atoms. The number of nitrogens with zero attached hydrogens (tertiary/aromatic N) is 1. The molecule has 0 aliphatic carbocycles. The van der Waals surface area contributed by atoms with E-state index in [1.807, 2.05) is 0 Å². The number of benzene rings is 3. The molecule has 0 atom stereocenters. The molecule has 0 fully saturated rings. The van der Waals surface area contributed by atoms with Gasteiger partial charge in [0.2, 0.25) is 0 Å². The molecule has 0 N–H and O–H groups in total. The predicted molar refractivity (Wildman–Crippen MR) is 93.7 cm³/mol. The Morgan fingerprint density at radius 2 is 1.27 bits per heavy atom. The fourth-order valence-electron chi connectivity index (χ4n) is 3.15. The lowest BCUT2D eigenvalue weighted by molar-refractivity contribution is -0.0158. The van der Waals surface area contributed by atoms with Gasteiger partial charge in [-0.3, -0.25) is 9.59 Å². The molecule has 0 saturated heterocycles. The maximum absolute atomic E-state index is 14.1. The molecule has 0 saturated carbocycles. The highest BCUT2D eigenvalue weighted by molar-refractivity contribution is 7.86. The van der Waals surface area contributed by atoms with E-state index in [9.17, 15) is 35.6 Å². The average Bonchev–Trinajstić information content (AvgIpc) is 2.72. The zero-order valence-electron chi connectivity index (χ0n) is 14.9. The summed E-state index contributed by atoms with van der Waals surface area (Å²) in [4.78, 5) is 23.2. The maximum atomic E-state index is 14.1. The van der Waals surface area contributed by atoms with Gasteiger partial charge in [0, 0.05) is 10.9 Å². The van der Waals surface area contributed by atoms with Gasteiger partial charge in [0.1, 0.15) is 0 Å². The number of rotatable bonds is 3. The number of hydrogen-bond donors (Lipinski definition) is 0. The monoisotopic (exact) mass is 439 g/mol. The number of carbonyl (C=O) groups excluding carboxylic acids is 2. The van der Waals surface area contributed by atoms with Crippen LogP contribution in [0.5, 0.6) is 0 Å². The first-order chi connectivity index (χ1) is 14.1. The first-order valence-corrected chi connectivity index (χ1v) is 9.64. The Labute approximate surface area is 166 Å². The first kappa shape index (κ1) is 20.0. The van der Waals surface area contributed by atoms with Crippen molar-refractivity contribution in [3.05, 3.63) is 76.4 Å². The minimum Gasteiger partial charge on any atom is -0.266 e. The van der Waals surface area contributed by atoms with Crippen LogP contribution in [0.4, 0.5) is 17.6 Å². The quantitative estimate of drug-likeness (QED) is 0.354. The van der Waals surface area contributed by atoms with E-state index in [2.05, 4.69) is 4.28 Å². The van der Waals surface area contributed by atoms with Gasteiger partial charge >= 0.3 is 10.1 Å². The third-order valence-electron chi connectivity index (χ3n) is 4.60. The second-order valence-corrected chi connectivity index (χ2v) is 7.82. The van der Waals surface area contributed by atoms with Gasteiger partial charge in [-0.1, -0.05) is 24.3 Å². The highest BCUT2D eigenvalue weighted by Crippen LogP contribution is 2.33. The number of hydrogen-bond acceptors (Lipinski definition) is 5. The molecular weight excluding hydrogens is 430 g/mol. The van der Waals surface area contributed by atoms with Gasteiger partial charge in [-0.05, 0) is 24.4 Å². The minimum atomic E-state index is -5.67. The summed E-state index contributed by atoms with van der Waals surface area (Å²) in [7, 11) is -5.67. The minimum absolute atomic E-state index is 0.111. The van der Waals surface area contributed by atoms with Crippen molar-refractivity contribution >= 4 is 32.7 Å². The largest absolute Gasteiger partial charge is 0.324 e. The van der Waals surface area contributed by atoms with E-state index in [1.54, 1.807) is 12.1 Å². The lowest BCUT2D eigenvalue weighted by Crippen LogP contribution is -2.42. The van der Waals surface area contributed by atoms with Crippen molar-refractivity contribution in [1.82, 2.24) is 5.06 Å². The SMILES string of the molecule is Cc1c(F)c(F)c(S(=O)(=O)ON2C(=O)c3cccc4cccc(c34)C2=O)c(F)c1F. The van der Waals surface area contributed by atoms with E-state index >= 15 is 0 Å². The van der Waals surface area contributed by atoms with Crippen LogP contribution in [-0.2, 0) is 14.4 Å². The van der Waals surface area contributed by atoms with Crippen molar-refractivity contribution in [3.63, 3.8) is 0 Å². The zero-order chi connectivity index (χ0) is 22.0. The van der Waals surface area contributed by atoms with Crippen molar-refractivity contribution in [3.8, 4) is 0 Å². The highest BCUT2D eigenvalue weighted by atomic mass is 32.2. The summed E-state index contributed by atoms with van der Waals surface area (Å²) in [6, 6.07) is 8.72. The van der Waals surface area contributed by atoms with Crippen molar-refractivity contribution in [2.45, 2.75) is 11.8 Å². The molecule has 0 radical (unpaired) electrons. The molecule has 3 aromatic rings. The Balaban J connectivity index is 1.85. The Morgan fingerprint density at radius 3 is 1.73 bits per heavy atom. The summed E-state index contributed by atoms with van der Waals surface area (Å²) >= 11 is 0. The third-order valence-corrected chi connectivity index (χ3v) is 5.80. The molecule has 0 unspecified atom stereocenters. The van der Waals surface area contributed by atoms with Crippen molar-refractivity contribution in [2.24, 2.45) is 0 Å². The molecule has 154 valence electrons. The second-order valence-electron chi connectivity index (χ2n) is 6.35. The average molecular weight is 439 g/mol. The van der Waals surface area contributed by atoms with Crippen LogP contribution >= 0.6 is 0 Å². The Morgan fingerprint density at radius 1 is 0.800 bits per heavy atom. The Hall–Kier alpha value is -3.31. The molecular formula is C19H9F4NO5S. The van der Waals surface area contributed by atoms with Crippen molar-refractivity contribution in [1.29, 1.82) is 0 Å². The first-order valence-electron chi connectivity index (χ1n) is 8.24. The summed E-state index contributed by atoms with van der Waals surface area (Å²) < 4.78 is 85.1. The molecule has 30 heavy (non-hydrogen) atoms. The number of hydroxylamine groups is 2. The fourth-order valence-corrected chi connectivity index (χ4v) is 4.18. The van der Waals surface area contributed by atoms with E-state index in [1.165, 1.54) is 24.3 Å². The van der Waals surface area contributed by atoms with Crippen LogP contribution in [0.3, 0.4) is 0 Å². The van der Waals surface area contributed by atoms with Crippen LogP contribution in [0.2, 0.25) is 0 Å². The molecule has 1 aliphatic heterocycles.